The van der Waals surface area contributed by atoms with Crippen molar-refractivity contribution in [3.8, 4) is 0 Å². The molecule has 3 aromatic heterocycles. The summed E-state index contributed by atoms with van der Waals surface area (Å²) in [6.45, 7) is 6.82. The SMILES string of the molecule is Cc1nc2ccccc2n1[C@H](COC(=O)C1CCN(c2nc3ccccc3n2Cc2ccsc2)CC1)C1CCNCC1. The molecule has 0 saturated carbocycles. The van der Waals surface area contributed by atoms with Crippen molar-refractivity contribution in [2.45, 2.75) is 45.2 Å². The highest BCUT2D eigenvalue weighted by atomic mass is 32.1. The molecule has 1 N–H and O–H groups in total. The summed E-state index contributed by atoms with van der Waals surface area (Å²) >= 11 is 1.72. The van der Waals surface area contributed by atoms with Gasteiger partial charge in [0.15, 0.2) is 0 Å². The summed E-state index contributed by atoms with van der Waals surface area (Å²) in [5.74, 6) is 2.25. The van der Waals surface area contributed by atoms with Crippen LogP contribution in [0.1, 0.15) is 43.1 Å². The molecule has 5 aromatic rings. The number of benzene rings is 2. The second-order valence-corrected chi connectivity index (χ2v) is 12.5. The summed E-state index contributed by atoms with van der Waals surface area (Å²) in [5, 5.41) is 7.80. The number of para-hydroxylation sites is 4. The fourth-order valence-electron chi connectivity index (χ4n) is 6.86. The number of anilines is 1. The third-order valence-electron chi connectivity index (χ3n) is 9.09. The average molecular weight is 583 g/mol. The van der Waals surface area contributed by atoms with E-state index in [1.807, 2.05) is 12.1 Å². The number of esters is 1. The largest absolute Gasteiger partial charge is 0.463 e. The fraction of sp³-hybridized carbons (Fsp3) is 0.424. The monoisotopic (exact) mass is 582 g/mol. The lowest BCUT2D eigenvalue weighted by molar-refractivity contribution is -0.151. The van der Waals surface area contributed by atoms with Crippen LogP contribution in [0, 0.1) is 18.8 Å². The summed E-state index contributed by atoms with van der Waals surface area (Å²) < 4.78 is 10.8. The Balaban J connectivity index is 1.05. The van der Waals surface area contributed by atoms with Gasteiger partial charge >= 0.3 is 5.97 Å². The maximum Gasteiger partial charge on any atom is 0.309 e. The van der Waals surface area contributed by atoms with Crippen molar-refractivity contribution in [3.63, 3.8) is 0 Å². The van der Waals surface area contributed by atoms with Crippen molar-refractivity contribution in [2.24, 2.45) is 11.8 Å². The Morgan fingerprint density at radius 3 is 2.43 bits per heavy atom. The summed E-state index contributed by atoms with van der Waals surface area (Å²) in [4.78, 5) is 25.7. The maximum atomic E-state index is 13.5. The van der Waals surface area contributed by atoms with Crippen molar-refractivity contribution in [1.29, 1.82) is 0 Å². The Kier molecular flexibility index (Phi) is 7.69. The highest BCUT2D eigenvalue weighted by molar-refractivity contribution is 7.07. The second-order valence-electron chi connectivity index (χ2n) is 11.7. The molecule has 2 fully saturated rings. The molecule has 218 valence electrons. The smallest absolute Gasteiger partial charge is 0.309 e. The van der Waals surface area contributed by atoms with Gasteiger partial charge in [-0.15, -0.1) is 0 Å². The van der Waals surface area contributed by atoms with Gasteiger partial charge in [0.05, 0.1) is 40.6 Å². The molecule has 0 radical (unpaired) electrons. The molecule has 2 saturated heterocycles. The zero-order chi connectivity index (χ0) is 28.5. The number of carbonyl (C=O) groups excluding carboxylic acids is 1. The van der Waals surface area contributed by atoms with Crippen molar-refractivity contribution < 1.29 is 9.53 Å². The number of aryl methyl sites for hydroxylation is 1. The number of fused-ring (bicyclic) bond motifs is 2. The van der Waals surface area contributed by atoms with Gasteiger partial charge in [-0.2, -0.15) is 11.3 Å². The van der Waals surface area contributed by atoms with Crippen LogP contribution < -0.4 is 10.2 Å². The fourth-order valence-corrected chi connectivity index (χ4v) is 7.52. The van der Waals surface area contributed by atoms with Crippen molar-refractivity contribution in [2.75, 3.05) is 37.7 Å². The molecule has 0 aliphatic carbocycles. The molecule has 2 aliphatic heterocycles. The molecular weight excluding hydrogens is 544 g/mol. The quantitative estimate of drug-likeness (QED) is 0.233. The van der Waals surface area contributed by atoms with Gasteiger partial charge in [-0.3, -0.25) is 4.79 Å². The van der Waals surface area contributed by atoms with E-state index in [1.165, 1.54) is 5.56 Å². The highest BCUT2D eigenvalue weighted by Gasteiger charge is 2.32. The number of aromatic nitrogens is 4. The minimum atomic E-state index is -0.0924. The van der Waals surface area contributed by atoms with E-state index < -0.39 is 0 Å². The van der Waals surface area contributed by atoms with E-state index in [0.717, 1.165) is 92.2 Å². The molecular formula is C33H38N6O2S. The van der Waals surface area contributed by atoms with Gasteiger partial charge in [-0.1, -0.05) is 24.3 Å². The van der Waals surface area contributed by atoms with E-state index in [9.17, 15) is 4.79 Å². The minimum absolute atomic E-state index is 0.0672. The van der Waals surface area contributed by atoms with Crippen LogP contribution in [-0.2, 0) is 16.1 Å². The topological polar surface area (TPSA) is 77.2 Å². The first-order valence-corrected chi connectivity index (χ1v) is 16.1. The Bertz CT molecular complexity index is 1660. The number of piperidine rings is 2. The second kappa shape index (κ2) is 11.9. The van der Waals surface area contributed by atoms with Crippen molar-refractivity contribution in [1.82, 2.24) is 24.4 Å². The van der Waals surface area contributed by atoms with E-state index in [-0.39, 0.29) is 17.9 Å². The van der Waals surface area contributed by atoms with E-state index in [2.05, 4.69) is 79.5 Å². The third-order valence-corrected chi connectivity index (χ3v) is 9.83. The molecule has 8 nitrogen and oxygen atoms in total. The summed E-state index contributed by atoms with van der Waals surface area (Å²) in [7, 11) is 0. The Morgan fingerprint density at radius 2 is 1.69 bits per heavy atom. The van der Waals surface area contributed by atoms with Crippen LogP contribution in [0.5, 0.6) is 0 Å². The third kappa shape index (κ3) is 5.31. The lowest BCUT2D eigenvalue weighted by Gasteiger charge is -2.34. The highest BCUT2D eigenvalue weighted by Crippen LogP contribution is 2.33. The molecule has 7 rings (SSSR count). The van der Waals surface area contributed by atoms with Gasteiger partial charge in [0.1, 0.15) is 12.4 Å². The number of rotatable bonds is 8. The molecule has 0 spiro atoms. The van der Waals surface area contributed by atoms with E-state index in [1.54, 1.807) is 11.3 Å². The molecule has 0 bridgehead atoms. The summed E-state index contributed by atoms with van der Waals surface area (Å²) in [6, 6.07) is 18.9. The number of imidazole rings is 2. The Morgan fingerprint density at radius 1 is 0.976 bits per heavy atom. The van der Waals surface area contributed by atoms with Crippen molar-refractivity contribution in [3.05, 3.63) is 76.7 Å². The van der Waals surface area contributed by atoms with Gasteiger partial charge < -0.3 is 24.1 Å². The lowest BCUT2D eigenvalue weighted by Crippen LogP contribution is -2.39. The first-order valence-electron chi connectivity index (χ1n) is 15.2. The maximum absolute atomic E-state index is 13.5. The van der Waals surface area contributed by atoms with E-state index in [0.29, 0.717) is 12.5 Å². The number of ether oxygens (including phenoxy) is 1. The van der Waals surface area contributed by atoms with Crippen LogP contribution in [0.2, 0.25) is 0 Å². The predicted molar refractivity (Wildman–Crippen MR) is 168 cm³/mol. The van der Waals surface area contributed by atoms with Crippen LogP contribution in [-0.4, -0.2) is 57.9 Å². The molecule has 1 atom stereocenters. The Labute approximate surface area is 250 Å². The van der Waals surface area contributed by atoms with E-state index >= 15 is 0 Å². The zero-order valence-corrected chi connectivity index (χ0v) is 24.9. The molecule has 5 heterocycles. The summed E-state index contributed by atoms with van der Waals surface area (Å²) in [5.41, 5.74) is 5.56. The number of hydrogen-bond acceptors (Lipinski definition) is 7. The first kappa shape index (κ1) is 27.2. The first-order chi connectivity index (χ1) is 20.7. The molecule has 42 heavy (non-hydrogen) atoms. The Hall–Kier alpha value is -3.69. The minimum Gasteiger partial charge on any atom is -0.463 e. The normalized spacial score (nSPS) is 17.7. The molecule has 0 unspecified atom stereocenters. The molecule has 9 heteroatoms. The molecule has 0 amide bonds. The predicted octanol–water partition coefficient (Wildman–Crippen LogP) is 5.80. The van der Waals surface area contributed by atoms with Gasteiger partial charge in [0.25, 0.3) is 0 Å². The number of thiophene rings is 1. The summed E-state index contributed by atoms with van der Waals surface area (Å²) in [6.07, 6.45) is 3.68. The van der Waals surface area contributed by atoms with Gasteiger partial charge in [-0.05, 0) is 98.3 Å². The number of carbonyl (C=O) groups is 1. The van der Waals surface area contributed by atoms with Crippen molar-refractivity contribution >= 4 is 45.3 Å². The molecule has 2 aliphatic rings. The van der Waals surface area contributed by atoms with Crippen LogP contribution in [0.4, 0.5) is 5.95 Å². The van der Waals surface area contributed by atoms with Gasteiger partial charge in [-0.25, -0.2) is 9.97 Å². The molecule has 2 aromatic carbocycles. The van der Waals surface area contributed by atoms with Gasteiger partial charge in [0, 0.05) is 13.1 Å². The van der Waals surface area contributed by atoms with Crippen LogP contribution >= 0.6 is 11.3 Å². The van der Waals surface area contributed by atoms with Crippen LogP contribution in [0.3, 0.4) is 0 Å². The standard InChI is InChI=1S/C33H38N6O2S/c1-23-35-28-7-3-5-9-30(28)39(23)31(25-10-15-34-16-11-25)21-41-32(40)26-12-17-37(18-13-26)33-36-27-6-2-4-8-29(27)38(33)20-24-14-19-42-22-24/h2-9,14,19,22,25-26,31,34H,10-13,15-18,20-21H2,1H3/t31-/m1/s1. The average Bonchev–Trinajstić information content (AvgIpc) is 3.76. The van der Waals surface area contributed by atoms with Gasteiger partial charge in [0.2, 0.25) is 5.95 Å². The van der Waals surface area contributed by atoms with E-state index in [4.69, 9.17) is 14.7 Å². The number of hydrogen-bond donors (Lipinski definition) is 1. The zero-order valence-electron chi connectivity index (χ0n) is 24.1. The van der Waals surface area contributed by atoms with Crippen LogP contribution in [0.15, 0.2) is 65.4 Å². The lowest BCUT2D eigenvalue weighted by atomic mass is 9.90. The number of nitrogens with one attached hydrogen (secondary N) is 1. The van der Waals surface area contributed by atoms with Crippen LogP contribution in [0.25, 0.3) is 22.1 Å². The number of nitrogens with zero attached hydrogens (tertiary/aromatic N) is 5.